The van der Waals surface area contributed by atoms with Crippen LogP contribution in [0.5, 0.6) is 0 Å². The van der Waals surface area contributed by atoms with E-state index >= 15 is 0 Å². The summed E-state index contributed by atoms with van der Waals surface area (Å²) in [5, 5.41) is 2.66. The fourth-order valence-electron chi connectivity index (χ4n) is 2.18. The molecule has 0 unspecified atom stereocenters. The van der Waals surface area contributed by atoms with Gasteiger partial charge in [0.2, 0.25) is 15.9 Å². The van der Waals surface area contributed by atoms with Crippen LogP contribution in [0.15, 0.2) is 29.2 Å². The summed E-state index contributed by atoms with van der Waals surface area (Å²) in [7, 11) is -3.90. The fourth-order valence-corrected chi connectivity index (χ4v) is 3.63. The van der Waals surface area contributed by atoms with Crippen LogP contribution in [0.1, 0.15) is 24.8 Å². The van der Waals surface area contributed by atoms with E-state index in [1.807, 2.05) is 0 Å². The molecule has 7 heteroatoms. The number of alkyl halides is 1. The standard InChI is InChI=1S/C13H17FN2O3S/c14-9-10-5-1-2-7-12(10)20(18,19)16-11-6-3-4-8-15-13(11)17/h1-2,5,7,11,16H,3-4,6,8-9H2,(H,15,17)/t11-/m1/s1. The van der Waals surface area contributed by atoms with Gasteiger partial charge in [-0.2, -0.15) is 4.72 Å². The van der Waals surface area contributed by atoms with Gasteiger partial charge in [-0.3, -0.25) is 4.79 Å². The Labute approximate surface area is 117 Å². The molecule has 1 atom stereocenters. The first-order chi connectivity index (χ1) is 9.54. The molecule has 0 aliphatic carbocycles. The molecule has 0 saturated carbocycles. The van der Waals surface area contributed by atoms with Crippen molar-refractivity contribution in [3.63, 3.8) is 0 Å². The molecule has 1 amide bonds. The molecule has 1 heterocycles. The second-order valence-electron chi connectivity index (χ2n) is 4.70. The number of rotatable bonds is 4. The van der Waals surface area contributed by atoms with E-state index in [4.69, 9.17) is 0 Å². The first-order valence-electron chi connectivity index (χ1n) is 6.48. The Hall–Kier alpha value is -1.47. The van der Waals surface area contributed by atoms with Crippen molar-refractivity contribution in [3.8, 4) is 0 Å². The quantitative estimate of drug-likeness (QED) is 0.874. The van der Waals surface area contributed by atoms with Gasteiger partial charge in [0.15, 0.2) is 0 Å². The van der Waals surface area contributed by atoms with Crippen LogP contribution in [0.3, 0.4) is 0 Å². The third-order valence-electron chi connectivity index (χ3n) is 3.24. The Balaban J connectivity index is 2.24. The van der Waals surface area contributed by atoms with Crippen molar-refractivity contribution in [2.75, 3.05) is 6.54 Å². The van der Waals surface area contributed by atoms with Crippen molar-refractivity contribution in [2.24, 2.45) is 0 Å². The van der Waals surface area contributed by atoms with E-state index in [-0.39, 0.29) is 16.4 Å². The Bertz CT molecular complexity index is 589. The molecule has 1 aliphatic rings. The molecular formula is C13H17FN2O3S. The third kappa shape index (κ3) is 3.34. The highest BCUT2D eigenvalue weighted by Crippen LogP contribution is 2.18. The van der Waals surface area contributed by atoms with Crippen LogP contribution in [0.25, 0.3) is 0 Å². The van der Waals surface area contributed by atoms with E-state index in [0.29, 0.717) is 13.0 Å². The average Bonchev–Trinajstić information content (AvgIpc) is 2.64. The van der Waals surface area contributed by atoms with Crippen LogP contribution in [0.4, 0.5) is 4.39 Å². The molecule has 1 aromatic carbocycles. The molecular weight excluding hydrogens is 283 g/mol. The largest absolute Gasteiger partial charge is 0.355 e. The van der Waals surface area contributed by atoms with Gasteiger partial charge in [0.1, 0.15) is 12.7 Å². The zero-order valence-corrected chi connectivity index (χ0v) is 11.7. The Morgan fingerprint density at radius 3 is 2.80 bits per heavy atom. The second-order valence-corrected chi connectivity index (χ2v) is 6.38. The van der Waals surface area contributed by atoms with Gasteiger partial charge < -0.3 is 5.32 Å². The maximum Gasteiger partial charge on any atom is 0.241 e. The summed E-state index contributed by atoms with van der Waals surface area (Å²) in [6.07, 6.45) is 2.03. The molecule has 1 fully saturated rings. The highest BCUT2D eigenvalue weighted by molar-refractivity contribution is 7.89. The monoisotopic (exact) mass is 300 g/mol. The highest BCUT2D eigenvalue weighted by atomic mass is 32.2. The predicted molar refractivity (Wildman–Crippen MR) is 72.2 cm³/mol. The number of carbonyl (C=O) groups is 1. The predicted octanol–water partition coefficient (Wildman–Crippen LogP) is 1.10. The van der Waals surface area contributed by atoms with E-state index in [1.54, 1.807) is 6.07 Å². The summed E-state index contributed by atoms with van der Waals surface area (Å²) < 4.78 is 39.8. The van der Waals surface area contributed by atoms with Crippen LogP contribution in [0.2, 0.25) is 0 Å². The van der Waals surface area contributed by atoms with Crippen LogP contribution >= 0.6 is 0 Å². The maximum absolute atomic E-state index is 12.9. The lowest BCUT2D eigenvalue weighted by atomic mass is 10.1. The summed E-state index contributed by atoms with van der Waals surface area (Å²) in [6, 6.07) is 5.07. The minimum absolute atomic E-state index is 0.0917. The number of benzene rings is 1. The van der Waals surface area contributed by atoms with E-state index in [1.165, 1.54) is 18.2 Å². The molecule has 110 valence electrons. The van der Waals surface area contributed by atoms with E-state index in [2.05, 4.69) is 10.0 Å². The number of amides is 1. The molecule has 5 nitrogen and oxygen atoms in total. The van der Waals surface area contributed by atoms with E-state index < -0.39 is 22.7 Å². The van der Waals surface area contributed by atoms with Crippen molar-refractivity contribution in [3.05, 3.63) is 29.8 Å². The summed E-state index contributed by atoms with van der Waals surface area (Å²) >= 11 is 0. The summed E-state index contributed by atoms with van der Waals surface area (Å²) in [4.78, 5) is 11.7. The number of nitrogens with one attached hydrogen (secondary N) is 2. The molecule has 20 heavy (non-hydrogen) atoms. The van der Waals surface area contributed by atoms with Gasteiger partial charge in [0.05, 0.1) is 4.90 Å². The van der Waals surface area contributed by atoms with Gasteiger partial charge in [0, 0.05) is 12.1 Å². The molecule has 0 spiro atoms. The second kappa shape index (κ2) is 6.32. The number of halogens is 1. The van der Waals surface area contributed by atoms with Crippen LogP contribution in [-0.4, -0.2) is 26.9 Å². The molecule has 0 aromatic heterocycles. The maximum atomic E-state index is 12.9. The number of hydrogen-bond donors (Lipinski definition) is 2. The smallest absolute Gasteiger partial charge is 0.241 e. The molecule has 0 radical (unpaired) electrons. The Morgan fingerprint density at radius 1 is 1.30 bits per heavy atom. The SMILES string of the molecule is O=C1NCCCC[C@H]1NS(=O)(=O)c1ccccc1CF. The normalized spacial score (nSPS) is 20.2. The van der Waals surface area contributed by atoms with Crippen molar-refractivity contribution in [2.45, 2.75) is 36.9 Å². The number of sulfonamides is 1. The third-order valence-corrected chi connectivity index (χ3v) is 4.81. The van der Waals surface area contributed by atoms with Crippen LogP contribution in [0, 0.1) is 0 Å². The average molecular weight is 300 g/mol. The first kappa shape index (κ1) is 14.9. The molecule has 2 N–H and O–H groups in total. The Morgan fingerprint density at radius 2 is 2.05 bits per heavy atom. The molecule has 1 aromatic rings. The number of carbonyl (C=O) groups excluding carboxylic acids is 1. The van der Waals surface area contributed by atoms with Crippen molar-refractivity contribution >= 4 is 15.9 Å². The zero-order chi connectivity index (χ0) is 14.6. The lowest BCUT2D eigenvalue weighted by Gasteiger charge is -2.16. The van der Waals surface area contributed by atoms with Crippen molar-refractivity contribution < 1.29 is 17.6 Å². The van der Waals surface area contributed by atoms with Crippen LogP contribution in [-0.2, 0) is 21.5 Å². The van der Waals surface area contributed by atoms with Crippen LogP contribution < -0.4 is 10.0 Å². The summed E-state index contributed by atoms with van der Waals surface area (Å²) in [5.41, 5.74) is 0.0917. The topological polar surface area (TPSA) is 75.3 Å². The van der Waals surface area contributed by atoms with Gasteiger partial charge in [-0.1, -0.05) is 18.2 Å². The summed E-state index contributed by atoms with van der Waals surface area (Å²) in [6.45, 7) is -0.313. The lowest BCUT2D eigenvalue weighted by Crippen LogP contribution is -2.45. The van der Waals surface area contributed by atoms with Crippen molar-refractivity contribution in [1.29, 1.82) is 0 Å². The Kier molecular flexibility index (Phi) is 4.72. The minimum atomic E-state index is -3.90. The molecule has 2 rings (SSSR count). The highest BCUT2D eigenvalue weighted by Gasteiger charge is 2.27. The number of hydrogen-bond acceptors (Lipinski definition) is 3. The fraction of sp³-hybridized carbons (Fsp3) is 0.462. The molecule has 0 bridgehead atoms. The first-order valence-corrected chi connectivity index (χ1v) is 7.97. The summed E-state index contributed by atoms with van der Waals surface area (Å²) in [5.74, 6) is -0.330. The van der Waals surface area contributed by atoms with E-state index in [0.717, 1.165) is 12.8 Å². The van der Waals surface area contributed by atoms with Gasteiger partial charge in [-0.15, -0.1) is 0 Å². The van der Waals surface area contributed by atoms with Crippen molar-refractivity contribution in [1.82, 2.24) is 10.0 Å². The van der Waals surface area contributed by atoms with Gasteiger partial charge in [-0.25, -0.2) is 12.8 Å². The zero-order valence-electron chi connectivity index (χ0n) is 10.9. The van der Waals surface area contributed by atoms with Gasteiger partial charge in [-0.05, 0) is 25.3 Å². The lowest BCUT2D eigenvalue weighted by molar-refractivity contribution is -0.122. The van der Waals surface area contributed by atoms with Gasteiger partial charge >= 0.3 is 0 Å². The molecule has 1 aliphatic heterocycles. The van der Waals surface area contributed by atoms with E-state index in [9.17, 15) is 17.6 Å². The minimum Gasteiger partial charge on any atom is -0.355 e. The van der Waals surface area contributed by atoms with Gasteiger partial charge in [0.25, 0.3) is 0 Å². The molecule has 1 saturated heterocycles.